The molecule has 2 N–H and O–H groups in total. The van der Waals surface area contributed by atoms with Crippen LogP contribution in [0.2, 0.25) is 0 Å². The molecule has 0 unspecified atom stereocenters. The first-order chi connectivity index (χ1) is 7.09. The minimum Gasteiger partial charge on any atom is -0.392 e. The Morgan fingerprint density at radius 2 is 2.47 bits per heavy atom. The first-order valence-electron chi connectivity index (χ1n) is 4.96. The molecule has 86 valence electrons. The third kappa shape index (κ3) is 4.53. The van der Waals surface area contributed by atoms with Crippen LogP contribution in [0.25, 0.3) is 0 Å². The van der Waals surface area contributed by atoms with Gasteiger partial charge < -0.3 is 15.3 Å². The predicted molar refractivity (Wildman–Crippen MR) is 58.7 cm³/mol. The van der Waals surface area contributed by atoms with Crippen molar-refractivity contribution in [2.75, 3.05) is 25.4 Å². The fourth-order valence-electron chi connectivity index (χ4n) is 1.22. The van der Waals surface area contributed by atoms with Gasteiger partial charge in [-0.2, -0.15) is 0 Å². The van der Waals surface area contributed by atoms with E-state index in [9.17, 15) is 9.59 Å². The van der Waals surface area contributed by atoms with Crippen molar-refractivity contribution in [3.05, 3.63) is 0 Å². The van der Waals surface area contributed by atoms with Crippen molar-refractivity contribution in [2.45, 2.75) is 19.4 Å². The van der Waals surface area contributed by atoms with E-state index in [1.807, 2.05) is 0 Å². The number of aliphatic hydroxyl groups excluding tert-OH is 1. The predicted octanol–water partition coefficient (Wildman–Crippen LogP) is 0.0423. The lowest BCUT2D eigenvalue weighted by atomic mass is 10.3. The number of amides is 2. The molecule has 1 atom stereocenters. The molecule has 0 aromatic heterocycles. The molecule has 1 aliphatic heterocycles. The van der Waals surface area contributed by atoms with Gasteiger partial charge in [-0.05, 0) is 6.92 Å². The Bertz CT molecular complexity index is 246. The van der Waals surface area contributed by atoms with Crippen molar-refractivity contribution in [2.24, 2.45) is 0 Å². The van der Waals surface area contributed by atoms with E-state index in [1.165, 1.54) is 11.8 Å². The third-order valence-electron chi connectivity index (χ3n) is 2.05. The minimum absolute atomic E-state index is 0.0540. The first-order valence-corrected chi connectivity index (χ1v) is 5.94. The Kier molecular flexibility index (Phi) is 4.90. The summed E-state index contributed by atoms with van der Waals surface area (Å²) in [5.41, 5.74) is 0. The summed E-state index contributed by atoms with van der Waals surface area (Å²) in [6.45, 7) is 3.08. The molecule has 1 fully saturated rings. The average molecular weight is 232 g/mol. The number of hydrogen-bond acceptors (Lipinski definition) is 4. The van der Waals surface area contributed by atoms with Gasteiger partial charge in [-0.15, -0.1) is 0 Å². The Hall–Kier alpha value is -0.750. The molecule has 0 aromatic carbocycles. The first kappa shape index (κ1) is 12.3. The Balaban J connectivity index is 2.13. The second-order valence-electron chi connectivity index (χ2n) is 3.50. The zero-order valence-corrected chi connectivity index (χ0v) is 9.55. The summed E-state index contributed by atoms with van der Waals surface area (Å²) < 4.78 is 0. The summed E-state index contributed by atoms with van der Waals surface area (Å²) in [5.74, 6) is 0.689. The molecule has 15 heavy (non-hydrogen) atoms. The standard InChI is InChI=1S/C9H16N2O3S/c1-7(12)6-10-8(13)2-3-11-4-5-15-9(11)14/h7,12H,2-6H2,1H3,(H,10,13)/t7-/m1/s1. The Labute approximate surface area is 93.2 Å². The molecule has 2 amide bonds. The van der Waals surface area contributed by atoms with E-state index >= 15 is 0 Å². The van der Waals surface area contributed by atoms with Gasteiger partial charge in [-0.1, -0.05) is 11.8 Å². The highest BCUT2D eigenvalue weighted by Gasteiger charge is 2.21. The van der Waals surface area contributed by atoms with Gasteiger partial charge in [0.05, 0.1) is 6.10 Å². The number of rotatable bonds is 5. The van der Waals surface area contributed by atoms with E-state index in [1.54, 1.807) is 11.8 Å². The summed E-state index contributed by atoms with van der Waals surface area (Å²) in [7, 11) is 0. The van der Waals surface area contributed by atoms with Gasteiger partial charge in [-0.25, -0.2) is 0 Å². The molecule has 0 bridgehead atoms. The number of thioether (sulfide) groups is 1. The van der Waals surface area contributed by atoms with E-state index in [0.717, 1.165) is 12.3 Å². The molecular formula is C9H16N2O3S. The maximum Gasteiger partial charge on any atom is 0.281 e. The summed E-state index contributed by atoms with van der Waals surface area (Å²) in [6, 6.07) is 0. The number of nitrogens with zero attached hydrogens (tertiary/aromatic N) is 1. The summed E-state index contributed by atoms with van der Waals surface area (Å²) in [5, 5.41) is 11.6. The van der Waals surface area contributed by atoms with Crippen molar-refractivity contribution in [1.29, 1.82) is 0 Å². The maximum absolute atomic E-state index is 11.2. The summed E-state index contributed by atoms with van der Waals surface area (Å²) >= 11 is 1.29. The fourth-order valence-corrected chi connectivity index (χ4v) is 2.07. The Morgan fingerprint density at radius 3 is 3.00 bits per heavy atom. The summed E-state index contributed by atoms with van der Waals surface area (Å²) in [4.78, 5) is 24.1. The number of hydrogen-bond donors (Lipinski definition) is 2. The van der Waals surface area contributed by atoms with Gasteiger partial charge in [0, 0.05) is 31.8 Å². The molecule has 0 spiro atoms. The van der Waals surface area contributed by atoms with Crippen LogP contribution in [0, 0.1) is 0 Å². The molecule has 1 aliphatic rings. The molecule has 0 aromatic rings. The van der Waals surface area contributed by atoms with Crippen LogP contribution >= 0.6 is 11.8 Å². The summed E-state index contributed by atoms with van der Waals surface area (Å²) in [6.07, 6.45) is -0.225. The van der Waals surface area contributed by atoms with Crippen LogP contribution in [0.3, 0.4) is 0 Å². The molecule has 1 rings (SSSR count). The molecule has 6 heteroatoms. The fraction of sp³-hybridized carbons (Fsp3) is 0.778. The van der Waals surface area contributed by atoms with Gasteiger partial charge in [0.25, 0.3) is 5.24 Å². The van der Waals surface area contributed by atoms with Gasteiger partial charge in [0.15, 0.2) is 0 Å². The molecule has 0 saturated carbocycles. The van der Waals surface area contributed by atoms with Crippen molar-refractivity contribution in [1.82, 2.24) is 10.2 Å². The van der Waals surface area contributed by atoms with Crippen LogP contribution < -0.4 is 5.32 Å². The number of carbonyl (C=O) groups excluding carboxylic acids is 2. The van der Waals surface area contributed by atoms with Gasteiger partial charge in [-0.3, -0.25) is 9.59 Å². The minimum atomic E-state index is -0.530. The highest BCUT2D eigenvalue weighted by Crippen LogP contribution is 2.16. The Morgan fingerprint density at radius 1 is 1.73 bits per heavy atom. The molecular weight excluding hydrogens is 216 g/mol. The lowest BCUT2D eigenvalue weighted by Crippen LogP contribution is -2.34. The second kappa shape index (κ2) is 5.97. The maximum atomic E-state index is 11.2. The zero-order chi connectivity index (χ0) is 11.3. The lowest BCUT2D eigenvalue weighted by molar-refractivity contribution is -0.121. The van der Waals surface area contributed by atoms with Gasteiger partial charge in [0.1, 0.15) is 0 Å². The normalized spacial score (nSPS) is 18.0. The van der Waals surface area contributed by atoms with E-state index in [2.05, 4.69) is 5.32 Å². The van der Waals surface area contributed by atoms with Crippen LogP contribution in [-0.4, -0.2) is 52.6 Å². The van der Waals surface area contributed by atoms with E-state index in [4.69, 9.17) is 5.11 Å². The average Bonchev–Trinajstić information content (AvgIpc) is 2.58. The van der Waals surface area contributed by atoms with Crippen molar-refractivity contribution < 1.29 is 14.7 Å². The van der Waals surface area contributed by atoms with Crippen LogP contribution in [0.4, 0.5) is 4.79 Å². The topological polar surface area (TPSA) is 69.6 Å². The second-order valence-corrected chi connectivity index (χ2v) is 4.55. The number of aliphatic hydroxyl groups is 1. The van der Waals surface area contributed by atoms with Gasteiger partial charge in [0.2, 0.25) is 5.91 Å². The molecule has 5 nitrogen and oxygen atoms in total. The lowest BCUT2D eigenvalue weighted by Gasteiger charge is -2.14. The van der Waals surface area contributed by atoms with Crippen LogP contribution in [0.5, 0.6) is 0 Å². The highest BCUT2D eigenvalue weighted by atomic mass is 32.2. The smallest absolute Gasteiger partial charge is 0.281 e. The largest absolute Gasteiger partial charge is 0.392 e. The van der Waals surface area contributed by atoms with Crippen molar-refractivity contribution in [3.8, 4) is 0 Å². The molecule has 1 saturated heterocycles. The number of nitrogens with one attached hydrogen (secondary N) is 1. The van der Waals surface area contributed by atoms with Crippen molar-refractivity contribution >= 4 is 22.9 Å². The van der Waals surface area contributed by atoms with Crippen LogP contribution in [-0.2, 0) is 4.79 Å². The van der Waals surface area contributed by atoms with Crippen molar-refractivity contribution in [3.63, 3.8) is 0 Å². The quantitative estimate of drug-likeness (QED) is 0.702. The van der Waals surface area contributed by atoms with E-state index in [0.29, 0.717) is 13.0 Å². The van der Waals surface area contributed by atoms with E-state index < -0.39 is 6.10 Å². The highest BCUT2D eigenvalue weighted by molar-refractivity contribution is 8.13. The zero-order valence-electron chi connectivity index (χ0n) is 8.73. The van der Waals surface area contributed by atoms with E-state index in [-0.39, 0.29) is 17.7 Å². The molecule has 0 aliphatic carbocycles. The van der Waals surface area contributed by atoms with Crippen LogP contribution in [0.15, 0.2) is 0 Å². The monoisotopic (exact) mass is 232 g/mol. The molecule has 0 radical (unpaired) electrons. The molecule has 1 heterocycles. The number of carbonyl (C=O) groups is 2. The third-order valence-corrected chi connectivity index (χ3v) is 2.94. The van der Waals surface area contributed by atoms with Gasteiger partial charge >= 0.3 is 0 Å². The SMILES string of the molecule is C[C@@H](O)CNC(=O)CCN1CCSC1=O. The van der Waals surface area contributed by atoms with Crippen LogP contribution in [0.1, 0.15) is 13.3 Å².